The number of hydrogen-bond donors (Lipinski definition) is 3. The van der Waals surface area contributed by atoms with E-state index in [1.807, 2.05) is 24.3 Å². The molecule has 2 atom stereocenters. The number of anilines is 1. The molecule has 0 saturated heterocycles. The predicted molar refractivity (Wildman–Crippen MR) is 121 cm³/mol. The lowest BCUT2D eigenvalue weighted by Gasteiger charge is -2.09. The molecule has 0 heterocycles. The Bertz CT molecular complexity index is 985. The zero-order valence-corrected chi connectivity index (χ0v) is 18.2. The highest BCUT2D eigenvalue weighted by Crippen LogP contribution is 2.38. The van der Waals surface area contributed by atoms with Crippen molar-refractivity contribution in [2.45, 2.75) is 38.6 Å². The van der Waals surface area contributed by atoms with Gasteiger partial charge in [-0.3, -0.25) is 14.4 Å². The normalized spacial score (nSPS) is 19.0. The van der Waals surface area contributed by atoms with Gasteiger partial charge >= 0.3 is 0 Å². The predicted octanol–water partition coefficient (Wildman–Crippen LogP) is 2.91. The molecule has 0 bridgehead atoms. The molecule has 0 aromatic heterocycles. The number of ether oxygens (including phenoxy) is 1. The highest BCUT2D eigenvalue weighted by Gasteiger charge is 2.39. The van der Waals surface area contributed by atoms with Gasteiger partial charge in [0, 0.05) is 29.8 Å². The van der Waals surface area contributed by atoms with Crippen LogP contribution < -0.4 is 20.7 Å². The third-order valence-electron chi connectivity index (χ3n) is 5.77. The van der Waals surface area contributed by atoms with Gasteiger partial charge in [-0.15, -0.1) is 0 Å². The first-order chi connectivity index (χ1) is 15.5. The maximum atomic E-state index is 12.5. The van der Waals surface area contributed by atoms with E-state index in [2.05, 4.69) is 22.9 Å². The Morgan fingerprint density at radius 1 is 1.06 bits per heavy atom. The number of carbonyl (C=O) groups excluding carboxylic acids is 3. The molecule has 168 valence electrons. The van der Waals surface area contributed by atoms with Crippen LogP contribution in [0.3, 0.4) is 0 Å². The Morgan fingerprint density at radius 2 is 1.81 bits per heavy atom. The van der Waals surface area contributed by atoms with Crippen LogP contribution in [-0.2, 0) is 16.0 Å². The minimum Gasteiger partial charge on any atom is -0.484 e. The van der Waals surface area contributed by atoms with Crippen molar-refractivity contribution in [1.82, 2.24) is 10.6 Å². The molecule has 3 N–H and O–H groups in total. The summed E-state index contributed by atoms with van der Waals surface area (Å²) in [6.07, 6.45) is 3.70. The fourth-order valence-corrected chi connectivity index (χ4v) is 3.48. The van der Waals surface area contributed by atoms with Crippen molar-refractivity contribution in [3.05, 3.63) is 59.7 Å². The van der Waals surface area contributed by atoms with Crippen LogP contribution in [0, 0.1) is 11.8 Å². The van der Waals surface area contributed by atoms with Crippen molar-refractivity contribution in [3.63, 3.8) is 0 Å². The first kappa shape index (κ1) is 21.9. The van der Waals surface area contributed by atoms with Gasteiger partial charge in [-0.25, -0.2) is 0 Å². The van der Waals surface area contributed by atoms with Crippen LogP contribution in [-0.4, -0.2) is 36.9 Å². The Hall–Kier alpha value is -3.35. The zero-order valence-electron chi connectivity index (χ0n) is 18.2. The number of benzene rings is 2. The summed E-state index contributed by atoms with van der Waals surface area (Å²) >= 11 is 0. The quantitative estimate of drug-likeness (QED) is 0.535. The van der Waals surface area contributed by atoms with Gasteiger partial charge in [0.2, 0.25) is 5.91 Å². The van der Waals surface area contributed by atoms with Crippen LogP contribution in [0.4, 0.5) is 5.69 Å². The highest BCUT2D eigenvalue weighted by molar-refractivity contribution is 5.98. The first-order valence-electron chi connectivity index (χ1n) is 11.2. The van der Waals surface area contributed by atoms with Crippen LogP contribution in [0.2, 0.25) is 0 Å². The number of hydrogen-bond acceptors (Lipinski definition) is 4. The summed E-state index contributed by atoms with van der Waals surface area (Å²) in [5.74, 6) is 0.917. The summed E-state index contributed by atoms with van der Waals surface area (Å²) in [6, 6.07) is 14.8. The summed E-state index contributed by atoms with van der Waals surface area (Å²) in [6.45, 7) is 2.56. The van der Waals surface area contributed by atoms with Crippen LogP contribution >= 0.6 is 0 Å². The minimum absolute atomic E-state index is 0.0190. The van der Waals surface area contributed by atoms with Gasteiger partial charge in [0.25, 0.3) is 11.8 Å². The molecule has 2 aliphatic carbocycles. The molecule has 2 saturated carbocycles. The molecule has 7 nitrogen and oxygen atoms in total. The van der Waals surface area contributed by atoms with Crippen molar-refractivity contribution >= 4 is 23.4 Å². The minimum atomic E-state index is -0.178. The maximum absolute atomic E-state index is 12.5. The summed E-state index contributed by atoms with van der Waals surface area (Å²) in [7, 11) is 0. The lowest BCUT2D eigenvalue weighted by molar-refractivity contribution is -0.123. The SMILES string of the molecule is CC1CC1C(=O)Nc1cccc(C(=O)NCCc2ccc(OCC(=O)NC3CC3)cc2)c1. The van der Waals surface area contributed by atoms with Crippen LogP contribution in [0.5, 0.6) is 5.75 Å². The fourth-order valence-electron chi connectivity index (χ4n) is 3.48. The second kappa shape index (κ2) is 9.85. The van der Waals surface area contributed by atoms with E-state index in [0.29, 0.717) is 41.9 Å². The van der Waals surface area contributed by atoms with E-state index in [1.165, 1.54) is 0 Å². The average Bonchev–Trinajstić information content (AvgIpc) is 3.71. The van der Waals surface area contributed by atoms with E-state index in [1.54, 1.807) is 24.3 Å². The lowest BCUT2D eigenvalue weighted by atomic mass is 10.1. The van der Waals surface area contributed by atoms with Gasteiger partial charge in [0.1, 0.15) is 5.75 Å². The molecule has 2 unspecified atom stereocenters. The second-order valence-electron chi connectivity index (χ2n) is 8.67. The third-order valence-corrected chi connectivity index (χ3v) is 5.77. The molecular weight excluding hydrogens is 406 g/mol. The third kappa shape index (κ3) is 6.33. The van der Waals surface area contributed by atoms with Crippen molar-refractivity contribution in [2.24, 2.45) is 11.8 Å². The van der Waals surface area contributed by atoms with Crippen molar-refractivity contribution < 1.29 is 19.1 Å². The van der Waals surface area contributed by atoms with E-state index in [-0.39, 0.29) is 30.2 Å². The fraction of sp³-hybridized carbons (Fsp3) is 0.400. The average molecular weight is 436 g/mol. The monoisotopic (exact) mass is 435 g/mol. The molecule has 0 radical (unpaired) electrons. The van der Waals surface area contributed by atoms with Crippen LogP contribution in [0.15, 0.2) is 48.5 Å². The van der Waals surface area contributed by atoms with Gasteiger partial charge in [-0.05, 0) is 67.5 Å². The second-order valence-corrected chi connectivity index (χ2v) is 8.67. The number of rotatable bonds is 10. The molecular formula is C25H29N3O4. The zero-order chi connectivity index (χ0) is 22.5. The van der Waals surface area contributed by atoms with E-state index in [9.17, 15) is 14.4 Å². The molecule has 3 amide bonds. The topological polar surface area (TPSA) is 96.5 Å². The Morgan fingerprint density at radius 3 is 2.50 bits per heavy atom. The largest absolute Gasteiger partial charge is 0.484 e. The molecule has 2 aliphatic rings. The standard InChI is InChI=1S/C25H29N3O4/c1-16-13-22(16)25(31)28-20-4-2-3-18(14-20)24(30)26-12-11-17-5-9-21(10-6-17)32-15-23(29)27-19-7-8-19/h2-6,9-10,14,16,19,22H,7-8,11-13,15H2,1H3,(H,26,30)(H,27,29)(H,28,31). The number of carbonyl (C=O) groups is 3. The van der Waals surface area contributed by atoms with E-state index in [0.717, 1.165) is 24.8 Å². The van der Waals surface area contributed by atoms with Crippen molar-refractivity contribution in [3.8, 4) is 5.75 Å². The maximum Gasteiger partial charge on any atom is 0.258 e. The molecule has 0 spiro atoms. The first-order valence-corrected chi connectivity index (χ1v) is 11.2. The molecule has 2 fully saturated rings. The van der Waals surface area contributed by atoms with Crippen LogP contribution in [0.1, 0.15) is 42.1 Å². The summed E-state index contributed by atoms with van der Waals surface area (Å²) in [5.41, 5.74) is 2.21. The molecule has 32 heavy (non-hydrogen) atoms. The lowest BCUT2D eigenvalue weighted by Crippen LogP contribution is -2.30. The molecule has 7 heteroatoms. The van der Waals surface area contributed by atoms with E-state index >= 15 is 0 Å². The van der Waals surface area contributed by atoms with E-state index in [4.69, 9.17) is 4.74 Å². The Labute approximate surface area is 187 Å². The molecule has 2 aromatic rings. The van der Waals surface area contributed by atoms with Gasteiger partial charge < -0.3 is 20.7 Å². The van der Waals surface area contributed by atoms with Crippen molar-refractivity contribution in [1.29, 1.82) is 0 Å². The van der Waals surface area contributed by atoms with Gasteiger partial charge in [0.15, 0.2) is 6.61 Å². The van der Waals surface area contributed by atoms with Gasteiger partial charge in [0.05, 0.1) is 0 Å². The smallest absolute Gasteiger partial charge is 0.258 e. The van der Waals surface area contributed by atoms with Gasteiger partial charge in [-0.1, -0.05) is 25.1 Å². The van der Waals surface area contributed by atoms with Gasteiger partial charge in [-0.2, -0.15) is 0 Å². The van der Waals surface area contributed by atoms with E-state index < -0.39 is 0 Å². The summed E-state index contributed by atoms with van der Waals surface area (Å²) < 4.78 is 5.50. The number of nitrogens with one attached hydrogen (secondary N) is 3. The van der Waals surface area contributed by atoms with Crippen molar-refractivity contribution in [2.75, 3.05) is 18.5 Å². The highest BCUT2D eigenvalue weighted by atomic mass is 16.5. The summed E-state index contributed by atoms with van der Waals surface area (Å²) in [5, 5.41) is 8.69. The molecule has 4 rings (SSSR count). The summed E-state index contributed by atoms with van der Waals surface area (Å²) in [4.78, 5) is 36.2. The molecule has 2 aromatic carbocycles. The molecule has 0 aliphatic heterocycles. The Balaban J connectivity index is 1.19. The Kier molecular flexibility index (Phi) is 6.73. The van der Waals surface area contributed by atoms with Crippen LogP contribution in [0.25, 0.3) is 0 Å². The number of amides is 3.